The number of nitrogens with one attached hydrogen (secondary N) is 1. The molecule has 0 aliphatic carbocycles. The second-order valence-corrected chi connectivity index (χ2v) is 7.44. The number of aromatic amines is 1. The number of H-pyrrole nitrogens is 1. The Kier molecular flexibility index (Phi) is 5.90. The van der Waals surface area contributed by atoms with Gasteiger partial charge in [-0.05, 0) is 54.4 Å². The lowest BCUT2D eigenvalue weighted by molar-refractivity contribution is -0.274. The quantitative estimate of drug-likeness (QED) is 0.326. The average Bonchev–Trinajstić information content (AvgIpc) is 3.14. The van der Waals surface area contributed by atoms with Gasteiger partial charge < -0.3 is 19.2 Å². The van der Waals surface area contributed by atoms with E-state index in [4.69, 9.17) is 21.1 Å². The Bertz CT molecular complexity index is 1330. The van der Waals surface area contributed by atoms with E-state index in [1.165, 1.54) is 31.4 Å². The van der Waals surface area contributed by atoms with E-state index in [1.54, 1.807) is 37.3 Å². The van der Waals surface area contributed by atoms with E-state index in [2.05, 4.69) is 14.7 Å². The number of imidazole rings is 1. The maximum absolute atomic E-state index is 12.4. The lowest BCUT2D eigenvalue weighted by Gasteiger charge is -2.10. The molecule has 33 heavy (non-hydrogen) atoms. The predicted octanol–water partition coefficient (Wildman–Crippen LogP) is 6.67. The molecule has 0 unspecified atom stereocenters. The van der Waals surface area contributed by atoms with Gasteiger partial charge in [-0.15, -0.1) is 13.2 Å². The van der Waals surface area contributed by atoms with E-state index in [9.17, 15) is 18.0 Å². The summed E-state index contributed by atoms with van der Waals surface area (Å²) in [6.07, 6.45) is -4.77. The molecule has 0 bridgehead atoms. The van der Waals surface area contributed by atoms with E-state index in [1.807, 2.05) is 0 Å². The number of hydrogen-bond acceptors (Lipinski definition) is 5. The van der Waals surface area contributed by atoms with Gasteiger partial charge in [0.2, 0.25) is 0 Å². The summed E-state index contributed by atoms with van der Waals surface area (Å²) in [5.41, 5.74) is 3.39. The van der Waals surface area contributed by atoms with Crippen LogP contribution in [0.4, 0.5) is 13.2 Å². The summed E-state index contributed by atoms with van der Waals surface area (Å²) in [5.74, 6) is -0.430. The molecule has 3 aromatic carbocycles. The molecule has 0 aliphatic heterocycles. The molecular weight excluding hydrogens is 461 g/mol. The largest absolute Gasteiger partial charge is 0.573 e. The zero-order valence-electron chi connectivity index (χ0n) is 17.3. The van der Waals surface area contributed by atoms with Crippen molar-refractivity contribution in [2.24, 2.45) is 0 Å². The van der Waals surface area contributed by atoms with Crippen LogP contribution >= 0.6 is 11.6 Å². The number of alkyl halides is 3. The molecule has 1 N–H and O–H groups in total. The lowest BCUT2D eigenvalue weighted by atomic mass is 10.0. The molecule has 0 aliphatic rings. The Hall–Kier alpha value is -3.72. The first-order valence-corrected chi connectivity index (χ1v) is 9.93. The van der Waals surface area contributed by atoms with Gasteiger partial charge >= 0.3 is 12.3 Å². The first-order chi connectivity index (χ1) is 15.6. The van der Waals surface area contributed by atoms with Gasteiger partial charge in [0.05, 0.1) is 28.7 Å². The van der Waals surface area contributed by atoms with Crippen LogP contribution in [0.5, 0.6) is 17.5 Å². The van der Waals surface area contributed by atoms with Gasteiger partial charge in [-0.1, -0.05) is 29.8 Å². The summed E-state index contributed by atoms with van der Waals surface area (Å²) in [4.78, 5) is 19.3. The Morgan fingerprint density at radius 2 is 1.73 bits per heavy atom. The molecule has 0 atom stereocenters. The fourth-order valence-corrected chi connectivity index (χ4v) is 3.49. The number of carbonyl (C=O) groups is 1. The third kappa shape index (κ3) is 5.04. The number of aryl methyl sites for hydroxylation is 1. The molecule has 4 aromatic rings. The van der Waals surface area contributed by atoms with Crippen LogP contribution in [0.15, 0.2) is 54.6 Å². The zero-order valence-corrected chi connectivity index (χ0v) is 18.0. The van der Waals surface area contributed by atoms with Gasteiger partial charge in [0.1, 0.15) is 11.5 Å². The standard InChI is InChI=1S/C23H16ClF3N2O4/c1-12-3-6-15(9-16(12)21(30)31-2)32-22-28-19-10-17(18(24)11-20(19)29-22)13-4-7-14(8-5-13)33-23(25,26)27/h3-11H,1-2H3,(H,28,29). The van der Waals surface area contributed by atoms with Crippen molar-refractivity contribution in [1.29, 1.82) is 0 Å². The van der Waals surface area contributed by atoms with Crippen molar-refractivity contribution in [3.05, 3.63) is 70.7 Å². The highest BCUT2D eigenvalue weighted by Gasteiger charge is 2.31. The number of esters is 1. The van der Waals surface area contributed by atoms with Crippen LogP contribution in [0.2, 0.25) is 5.02 Å². The van der Waals surface area contributed by atoms with Crippen molar-refractivity contribution in [3.63, 3.8) is 0 Å². The summed E-state index contributed by atoms with van der Waals surface area (Å²) in [5, 5.41) is 0.366. The maximum atomic E-state index is 12.4. The summed E-state index contributed by atoms with van der Waals surface area (Å²) in [6, 6.07) is 13.8. The summed E-state index contributed by atoms with van der Waals surface area (Å²) in [7, 11) is 1.30. The summed E-state index contributed by atoms with van der Waals surface area (Å²) >= 11 is 6.39. The fraction of sp³-hybridized carbons (Fsp3) is 0.130. The smallest absolute Gasteiger partial charge is 0.465 e. The van der Waals surface area contributed by atoms with Gasteiger partial charge in [-0.25, -0.2) is 4.79 Å². The Labute approximate surface area is 190 Å². The minimum absolute atomic E-state index is 0.173. The molecule has 1 heterocycles. The van der Waals surface area contributed by atoms with Crippen molar-refractivity contribution >= 4 is 28.6 Å². The first kappa shape index (κ1) is 22.5. The van der Waals surface area contributed by atoms with Crippen molar-refractivity contribution in [2.75, 3.05) is 7.11 Å². The third-order valence-corrected chi connectivity index (χ3v) is 5.09. The second-order valence-electron chi connectivity index (χ2n) is 7.03. The summed E-state index contributed by atoms with van der Waals surface area (Å²) in [6.45, 7) is 1.78. The number of aromatic nitrogens is 2. The number of methoxy groups -OCH3 is 1. The average molecular weight is 477 g/mol. The molecule has 6 nitrogen and oxygen atoms in total. The summed E-state index contributed by atoms with van der Waals surface area (Å²) < 4.78 is 51.5. The molecule has 0 saturated carbocycles. The van der Waals surface area contributed by atoms with Crippen molar-refractivity contribution in [3.8, 4) is 28.6 Å². The number of rotatable bonds is 5. The van der Waals surface area contributed by atoms with Gasteiger partial charge in [0, 0.05) is 5.56 Å². The Morgan fingerprint density at radius 3 is 2.39 bits per heavy atom. The minimum Gasteiger partial charge on any atom is -0.465 e. The molecular formula is C23H16ClF3N2O4. The maximum Gasteiger partial charge on any atom is 0.573 e. The van der Waals surface area contributed by atoms with E-state index in [0.29, 0.717) is 38.5 Å². The fourth-order valence-electron chi connectivity index (χ4n) is 3.22. The molecule has 0 radical (unpaired) electrons. The van der Waals surface area contributed by atoms with Crippen molar-refractivity contribution < 1.29 is 32.2 Å². The second kappa shape index (κ2) is 8.67. The molecule has 10 heteroatoms. The molecule has 1 aromatic heterocycles. The van der Waals surface area contributed by atoms with E-state index >= 15 is 0 Å². The SMILES string of the molecule is COC(=O)c1cc(Oc2nc3cc(-c4ccc(OC(F)(F)F)cc4)c(Cl)cc3[nH]2)ccc1C. The normalized spacial score (nSPS) is 11.5. The number of ether oxygens (including phenoxy) is 3. The molecule has 0 saturated heterocycles. The van der Waals surface area contributed by atoms with Crippen LogP contribution in [-0.4, -0.2) is 29.4 Å². The van der Waals surface area contributed by atoms with Gasteiger partial charge in [0.15, 0.2) is 0 Å². The van der Waals surface area contributed by atoms with Gasteiger partial charge in [0.25, 0.3) is 6.01 Å². The molecule has 170 valence electrons. The highest BCUT2D eigenvalue weighted by Crippen LogP contribution is 2.34. The molecule has 4 rings (SSSR count). The number of halogens is 4. The number of nitrogens with zero attached hydrogens (tertiary/aromatic N) is 1. The number of fused-ring (bicyclic) bond motifs is 1. The number of carbonyl (C=O) groups excluding carboxylic acids is 1. The molecule has 0 fully saturated rings. The zero-order chi connectivity index (χ0) is 23.8. The van der Waals surface area contributed by atoms with Crippen LogP contribution in [0.1, 0.15) is 15.9 Å². The number of hydrogen-bond donors (Lipinski definition) is 1. The Balaban J connectivity index is 1.61. The topological polar surface area (TPSA) is 73.4 Å². The molecule has 0 amide bonds. The van der Waals surface area contributed by atoms with Crippen LogP contribution in [0, 0.1) is 6.92 Å². The third-order valence-electron chi connectivity index (χ3n) is 4.78. The van der Waals surface area contributed by atoms with E-state index in [-0.39, 0.29) is 11.8 Å². The van der Waals surface area contributed by atoms with Crippen LogP contribution in [0.3, 0.4) is 0 Å². The van der Waals surface area contributed by atoms with Crippen LogP contribution in [0.25, 0.3) is 22.2 Å². The first-order valence-electron chi connectivity index (χ1n) is 9.55. The number of benzene rings is 3. The Morgan fingerprint density at radius 1 is 1.03 bits per heavy atom. The highest BCUT2D eigenvalue weighted by molar-refractivity contribution is 6.34. The monoisotopic (exact) mass is 476 g/mol. The van der Waals surface area contributed by atoms with E-state index < -0.39 is 12.3 Å². The minimum atomic E-state index is -4.77. The predicted molar refractivity (Wildman–Crippen MR) is 116 cm³/mol. The van der Waals surface area contributed by atoms with Crippen molar-refractivity contribution in [1.82, 2.24) is 9.97 Å². The molecule has 0 spiro atoms. The van der Waals surface area contributed by atoms with Crippen LogP contribution in [-0.2, 0) is 4.74 Å². The van der Waals surface area contributed by atoms with E-state index in [0.717, 1.165) is 5.56 Å². The lowest BCUT2D eigenvalue weighted by Crippen LogP contribution is -2.16. The van der Waals surface area contributed by atoms with Gasteiger partial charge in [-0.3, -0.25) is 0 Å². The van der Waals surface area contributed by atoms with Crippen molar-refractivity contribution in [2.45, 2.75) is 13.3 Å². The van der Waals surface area contributed by atoms with Gasteiger partial charge in [-0.2, -0.15) is 4.98 Å². The highest BCUT2D eigenvalue weighted by atomic mass is 35.5. The van der Waals surface area contributed by atoms with Crippen LogP contribution < -0.4 is 9.47 Å².